The zero-order valence-corrected chi connectivity index (χ0v) is 12.1. The van der Waals surface area contributed by atoms with E-state index in [4.69, 9.17) is 5.73 Å². The van der Waals surface area contributed by atoms with Gasteiger partial charge in [-0.05, 0) is 43.1 Å². The second kappa shape index (κ2) is 5.71. The number of halogens is 1. The van der Waals surface area contributed by atoms with Crippen LogP contribution in [0.25, 0.3) is 0 Å². The molecule has 0 aliphatic carbocycles. The Morgan fingerprint density at radius 1 is 1.33 bits per heavy atom. The third kappa shape index (κ3) is 2.84. The summed E-state index contributed by atoms with van der Waals surface area (Å²) in [5.41, 5.74) is 6.56. The first-order valence-electron chi connectivity index (χ1n) is 6.10. The van der Waals surface area contributed by atoms with Gasteiger partial charge in [-0.25, -0.2) is 4.79 Å². The second-order valence-electron chi connectivity index (χ2n) is 4.69. The Balaban J connectivity index is 2.18. The van der Waals surface area contributed by atoms with Gasteiger partial charge in [-0.3, -0.25) is 4.90 Å². The summed E-state index contributed by atoms with van der Waals surface area (Å²) in [7, 11) is 1.84. The van der Waals surface area contributed by atoms with Crippen molar-refractivity contribution >= 4 is 27.6 Å². The fraction of sp³-hybridized carbons (Fsp3) is 0.462. The van der Waals surface area contributed by atoms with E-state index in [1.54, 1.807) is 4.90 Å². The third-order valence-corrected chi connectivity index (χ3v) is 3.77. The van der Waals surface area contributed by atoms with Crippen LogP contribution in [0.15, 0.2) is 28.7 Å². The van der Waals surface area contributed by atoms with Crippen LogP contribution >= 0.6 is 15.9 Å². The summed E-state index contributed by atoms with van der Waals surface area (Å²) >= 11 is 3.40. The van der Waals surface area contributed by atoms with Crippen molar-refractivity contribution in [2.75, 3.05) is 31.6 Å². The van der Waals surface area contributed by atoms with Crippen LogP contribution < -0.4 is 10.6 Å². The highest BCUT2D eigenvalue weighted by molar-refractivity contribution is 9.10. The maximum absolute atomic E-state index is 12.2. The molecular weight excluding hydrogens is 294 g/mol. The minimum Gasteiger partial charge on any atom is -0.330 e. The molecule has 2 amide bonds. The molecule has 0 bridgehead atoms. The maximum atomic E-state index is 12.2. The van der Waals surface area contributed by atoms with E-state index in [9.17, 15) is 4.79 Å². The summed E-state index contributed by atoms with van der Waals surface area (Å²) in [6, 6.07) is 7.89. The largest absolute Gasteiger partial charge is 0.330 e. The molecule has 4 nitrogen and oxygen atoms in total. The summed E-state index contributed by atoms with van der Waals surface area (Å²) in [5.74, 6) is 0.446. The fourth-order valence-electron chi connectivity index (χ4n) is 2.32. The third-order valence-electron chi connectivity index (χ3n) is 3.24. The van der Waals surface area contributed by atoms with Crippen molar-refractivity contribution in [1.82, 2.24) is 4.90 Å². The Morgan fingerprint density at radius 3 is 2.61 bits per heavy atom. The number of urea groups is 1. The minimum atomic E-state index is 0.0607. The standard InChI is InChI=1S/C13H18BrN3O/c1-16-8-10(6-7-15)9-17(13(16)18)12-4-2-11(14)3-5-12/h2-5,10H,6-9,15H2,1H3. The number of benzene rings is 1. The first kappa shape index (κ1) is 13.4. The zero-order chi connectivity index (χ0) is 13.1. The number of nitrogens with zero attached hydrogens (tertiary/aromatic N) is 2. The predicted molar refractivity (Wildman–Crippen MR) is 76.7 cm³/mol. The molecule has 1 heterocycles. The van der Waals surface area contributed by atoms with Crippen molar-refractivity contribution in [2.24, 2.45) is 11.7 Å². The highest BCUT2D eigenvalue weighted by Gasteiger charge is 2.29. The van der Waals surface area contributed by atoms with E-state index in [0.717, 1.165) is 29.7 Å². The summed E-state index contributed by atoms with van der Waals surface area (Å²) in [6.07, 6.45) is 0.949. The van der Waals surface area contributed by atoms with Gasteiger partial charge in [0.1, 0.15) is 0 Å². The smallest absolute Gasteiger partial charge is 0.324 e. The normalized spacial score (nSPS) is 20.4. The number of nitrogens with two attached hydrogens (primary N) is 1. The molecule has 0 saturated carbocycles. The van der Waals surface area contributed by atoms with Gasteiger partial charge in [-0.1, -0.05) is 15.9 Å². The molecule has 1 unspecified atom stereocenters. The van der Waals surface area contributed by atoms with Gasteiger partial charge >= 0.3 is 6.03 Å². The van der Waals surface area contributed by atoms with E-state index in [1.807, 2.05) is 36.2 Å². The van der Waals surface area contributed by atoms with Gasteiger partial charge in [0.25, 0.3) is 0 Å². The van der Waals surface area contributed by atoms with E-state index in [0.29, 0.717) is 12.5 Å². The SMILES string of the molecule is CN1CC(CCN)CN(c2ccc(Br)cc2)C1=O. The Labute approximate surface area is 116 Å². The lowest BCUT2D eigenvalue weighted by atomic mass is 10.0. The van der Waals surface area contributed by atoms with Crippen LogP contribution in [0, 0.1) is 5.92 Å². The molecule has 1 atom stereocenters. The van der Waals surface area contributed by atoms with E-state index >= 15 is 0 Å². The van der Waals surface area contributed by atoms with Gasteiger partial charge in [-0.15, -0.1) is 0 Å². The number of hydrogen-bond acceptors (Lipinski definition) is 2. The lowest BCUT2D eigenvalue weighted by Gasteiger charge is -2.38. The molecular formula is C13H18BrN3O. The van der Waals surface area contributed by atoms with Crippen LogP contribution in [0.2, 0.25) is 0 Å². The van der Waals surface area contributed by atoms with Crippen LogP contribution in [-0.4, -0.2) is 37.6 Å². The number of anilines is 1. The van der Waals surface area contributed by atoms with Gasteiger partial charge in [-0.2, -0.15) is 0 Å². The monoisotopic (exact) mass is 311 g/mol. The van der Waals surface area contributed by atoms with Crippen molar-refractivity contribution in [3.05, 3.63) is 28.7 Å². The maximum Gasteiger partial charge on any atom is 0.324 e. The molecule has 2 rings (SSSR count). The molecule has 18 heavy (non-hydrogen) atoms. The van der Waals surface area contributed by atoms with Gasteiger partial charge in [0, 0.05) is 30.3 Å². The average molecular weight is 312 g/mol. The molecule has 1 aromatic rings. The fourth-order valence-corrected chi connectivity index (χ4v) is 2.58. The number of hydrogen-bond donors (Lipinski definition) is 1. The first-order valence-corrected chi connectivity index (χ1v) is 6.89. The molecule has 98 valence electrons. The quantitative estimate of drug-likeness (QED) is 0.931. The number of carbonyl (C=O) groups is 1. The molecule has 1 saturated heterocycles. The molecule has 5 heteroatoms. The molecule has 1 aliphatic rings. The molecule has 1 aliphatic heterocycles. The van der Waals surface area contributed by atoms with Gasteiger partial charge < -0.3 is 10.6 Å². The van der Waals surface area contributed by atoms with Crippen molar-refractivity contribution in [2.45, 2.75) is 6.42 Å². The first-order chi connectivity index (χ1) is 8.61. The second-order valence-corrected chi connectivity index (χ2v) is 5.61. The molecule has 1 aromatic carbocycles. The van der Waals surface area contributed by atoms with Crippen molar-refractivity contribution in [3.8, 4) is 0 Å². The summed E-state index contributed by atoms with van der Waals surface area (Å²) in [5, 5.41) is 0. The highest BCUT2D eigenvalue weighted by Crippen LogP contribution is 2.24. The number of amides is 2. The lowest BCUT2D eigenvalue weighted by Crippen LogP contribution is -2.52. The van der Waals surface area contributed by atoms with Gasteiger partial charge in [0.2, 0.25) is 0 Å². The molecule has 2 N–H and O–H groups in total. The van der Waals surface area contributed by atoms with Crippen molar-refractivity contribution in [3.63, 3.8) is 0 Å². The summed E-state index contributed by atoms with van der Waals surface area (Å²) in [6.45, 7) is 2.21. The van der Waals surface area contributed by atoms with E-state index in [2.05, 4.69) is 15.9 Å². The van der Waals surface area contributed by atoms with Crippen molar-refractivity contribution in [1.29, 1.82) is 0 Å². The van der Waals surface area contributed by atoms with Crippen LogP contribution in [0.1, 0.15) is 6.42 Å². The Kier molecular flexibility index (Phi) is 4.24. The predicted octanol–water partition coefficient (Wildman–Crippen LogP) is 2.29. The zero-order valence-electron chi connectivity index (χ0n) is 10.5. The van der Waals surface area contributed by atoms with E-state index in [-0.39, 0.29) is 6.03 Å². The Morgan fingerprint density at radius 2 is 2.00 bits per heavy atom. The molecule has 1 fully saturated rings. The molecule has 0 spiro atoms. The Bertz CT molecular complexity index is 421. The van der Waals surface area contributed by atoms with E-state index in [1.165, 1.54) is 0 Å². The summed E-state index contributed by atoms with van der Waals surface area (Å²) in [4.78, 5) is 15.8. The average Bonchev–Trinajstić information content (AvgIpc) is 2.35. The Hall–Kier alpha value is -1.07. The highest BCUT2D eigenvalue weighted by atomic mass is 79.9. The number of carbonyl (C=O) groups excluding carboxylic acids is 1. The van der Waals surface area contributed by atoms with Crippen LogP contribution in [0.5, 0.6) is 0 Å². The summed E-state index contributed by atoms with van der Waals surface area (Å²) < 4.78 is 1.02. The number of rotatable bonds is 3. The van der Waals surface area contributed by atoms with Gasteiger partial charge in [0.15, 0.2) is 0 Å². The van der Waals surface area contributed by atoms with E-state index < -0.39 is 0 Å². The molecule has 0 radical (unpaired) electrons. The topological polar surface area (TPSA) is 49.6 Å². The molecule has 0 aromatic heterocycles. The lowest BCUT2D eigenvalue weighted by molar-refractivity contribution is 0.191. The minimum absolute atomic E-state index is 0.0607. The van der Waals surface area contributed by atoms with Crippen LogP contribution in [0.3, 0.4) is 0 Å². The van der Waals surface area contributed by atoms with Gasteiger partial charge in [0.05, 0.1) is 0 Å². The van der Waals surface area contributed by atoms with Crippen LogP contribution in [-0.2, 0) is 0 Å². The van der Waals surface area contributed by atoms with Crippen molar-refractivity contribution < 1.29 is 4.79 Å². The van der Waals surface area contributed by atoms with Crippen LogP contribution in [0.4, 0.5) is 10.5 Å².